The molecule has 0 radical (unpaired) electrons. The molecule has 0 unspecified atom stereocenters. The number of nitrogens with zero attached hydrogens (tertiary/aromatic N) is 1. The Balaban J connectivity index is 1.44. The van der Waals surface area contributed by atoms with Crippen LogP contribution in [0.15, 0.2) is 60.7 Å². The first-order chi connectivity index (χ1) is 13.7. The highest BCUT2D eigenvalue weighted by Crippen LogP contribution is 2.22. The molecule has 0 saturated carbocycles. The van der Waals surface area contributed by atoms with Gasteiger partial charge in [0.2, 0.25) is 5.91 Å². The van der Waals surface area contributed by atoms with E-state index in [0.29, 0.717) is 11.5 Å². The van der Waals surface area contributed by atoms with Gasteiger partial charge >= 0.3 is 0 Å². The Hall–Kier alpha value is -2.88. The van der Waals surface area contributed by atoms with Crippen molar-refractivity contribution >= 4 is 17.9 Å². The lowest BCUT2D eigenvalue weighted by Gasteiger charge is -2.31. The van der Waals surface area contributed by atoms with Gasteiger partial charge in [-0.05, 0) is 60.9 Å². The maximum absolute atomic E-state index is 12.5. The summed E-state index contributed by atoms with van der Waals surface area (Å²) in [6, 6.07) is 17.8. The van der Waals surface area contributed by atoms with Crippen LogP contribution < -0.4 is 5.32 Å². The molecule has 1 aliphatic heterocycles. The fourth-order valence-electron chi connectivity index (χ4n) is 3.62. The first-order valence-electron chi connectivity index (χ1n) is 9.99. The third-order valence-corrected chi connectivity index (χ3v) is 5.43. The van der Waals surface area contributed by atoms with Gasteiger partial charge in [0.05, 0.1) is 0 Å². The van der Waals surface area contributed by atoms with Crippen molar-refractivity contribution < 1.29 is 9.59 Å². The normalized spacial score (nSPS) is 15.0. The quantitative estimate of drug-likeness (QED) is 0.777. The van der Waals surface area contributed by atoms with Gasteiger partial charge in [0.1, 0.15) is 0 Å². The van der Waals surface area contributed by atoms with Gasteiger partial charge in [0, 0.05) is 31.8 Å². The van der Waals surface area contributed by atoms with E-state index < -0.39 is 0 Å². The predicted octanol–water partition coefficient (Wildman–Crippen LogP) is 3.93. The van der Waals surface area contributed by atoms with Crippen LogP contribution in [0.25, 0.3) is 6.08 Å². The zero-order valence-electron chi connectivity index (χ0n) is 16.4. The van der Waals surface area contributed by atoms with Crippen LogP contribution in [0, 0.1) is 5.92 Å². The van der Waals surface area contributed by atoms with Crippen LogP contribution in [0.5, 0.6) is 0 Å². The smallest absolute Gasteiger partial charge is 0.251 e. The van der Waals surface area contributed by atoms with E-state index in [9.17, 15) is 9.59 Å². The van der Waals surface area contributed by atoms with Crippen LogP contribution in [0.2, 0.25) is 0 Å². The Bertz CT molecular complexity index is 804. The molecule has 0 aliphatic carbocycles. The molecule has 2 aromatic carbocycles. The number of hydrogen-bond donors (Lipinski definition) is 1. The predicted molar refractivity (Wildman–Crippen MR) is 113 cm³/mol. The minimum Gasteiger partial charge on any atom is -0.355 e. The molecule has 1 fully saturated rings. The van der Waals surface area contributed by atoms with Crippen molar-refractivity contribution in [1.29, 1.82) is 0 Å². The van der Waals surface area contributed by atoms with Gasteiger partial charge in [-0.1, -0.05) is 42.5 Å². The SMILES string of the molecule is CNC(=O)c1ccc(C=CC(=O)N2CCC(CCc3ccccc3)CC2)cc1. The van der Waals surface area contributed by atoms with Crippen molar-refractivity contribution in [2.45, 2.75) is 25.7 Å². The Kier molecular flexibility index (Phi) is 7.01. The topological polar surface area (TPSA) is 49.4 Å². The van der Waals surface area contributed by atoms with Crippen molar-refractivity contribution in [3.63, 3.8) is 0 Å². The standard InChI is InChI=1S/C24H28N2O2/c1-25-24(28)22-12-9-20(10-13-22)11-14-23(27)26-17-15-21(16-18-26)8-7-19-5-3-2-4-6-19/h2-6,9-14,21H,7-8,15-18H2,1H3,(H,25,28). The van der Waals surface area contributed by atoms with Crippen molar-refractivity contribution in [1.82, 2.24) is 10.2 Å². The highest BCUT2D eigenvalue weighted by Gasteiger charge is 2.21. The summed E-state index contributed by atoms with van der Waals surface area (Å²) < 4.78 is 0. The van der Waals surface area contributed by atoms with Crippen LogP contribution in [-0.4, -0.2) is 36.9 Å². The molecule has 2 aromatic rings. The van der Waals surface area contributed by atoms with E-state index in [2.05, 4.69) is 35.6 Å². The largest absolute Gasteiger partial charge is 0.355 e. The minimum absolute atomic E-state index is 0.0666. The number of carbonyl (C=O) groups excluding carboxylic acids is 2. The molecule has 1 saturated heterocycles. The third kappa shape index (κ3) is 5.56. The molecule has 0 bridgehead atoms. The van der Waals surface area contributed by atoms with E-state index in [-0.39, 0.29) is 11.8 Å². The summed E-state index contributed by atoms with van der Waals surface area (Å²) in [4.78, 5) is 26.0. The molecule has 4 nitrogen and oxygen atoms in total. The maximum Gasteiger partial charge on any atom is 0.251 e. The molecule has 0 spiro atoms. The maximum atomic E-state index is 12.5. The average molecular weight is 377 g/mol. The second kappa shape index (κ2) is 9.88. The van der Waals surface area contributed by atoms with Crippen molar-refractivity contribution in [2.75, 3.05) is 20.1 Å². The Morgan fingerprint density at radius 2 is 1.71 bits per heavy atom. The molecule has 28 heavy (non-hydrogen) atoms. The summed E-state index contributed by atoms with van der Waals surface area (Å²) in [5.74, 6) is 0.657. The molecule has 2 amide bonds. The van der Waals surface area contributed by atoms with Crippen LogP contribution in [0.3, 0.4) is 0 Å². The van der Waals surface area contributed by atoms with Gasteiger partial charge in [0.25, 0.3) is 5.91 Å². The molecule has 0 aromatic heterocycles. The van der Waals surface area contributed by atoms with Gasteiger partial charge in [-0.15, -0.1) is 0 Å². The molecule has 1 N–H and O–H groups in total. The average Bonchev–Trinajstić information content (AvgIpc) is 2.77. The van der Waals surface area contributed by atoms with Crippen molar-refractivity contribution in [3.8, 4) is 0 Å². The molecule has 3 rings (SSSR count). The van der Waals surface area contributed by atoms with Gasteiger partial charge in [-0.25, -0.2) is 0 Å². The summed E-state index contributed by atoms with van der Waals surface area (Å²) in [5.41, 5.74) is 2.92. The molecule has 0 atom stereocenters. The van der Waals surface area contributed by atoms with Crippen molar-refractivity contribution in [3.05, 3.63) is 77.4 Å². The number of aryl methyl sites for hydroxylation is 1. The van der Waals surface area contributed by atoms with Gasteiger partial charge in [-0.3, -0.25) is 9.59 Å². The summed E-state index contributed by atoms with van der Waals surface area (Å²) in [6.07, 6.45) is 7.92. The number of piperidine rings is 1. The first kappa shape index (κ1) is 19.9. The van der Waals surface area contributed by atoms with Gasteiger partial charge in [0.15, 0.2) is 0 Å². The zero-order chi connectivity index (χ0) is 19.8. The van der Waals surface area contributed by atoms with Crippen molar-refractivity contribution in [2.24, 2.45) is 5.92 Å². The van der Waals surface area contributed by atoms with E-state index in [0.717, 1.165) is 37.9 Å². The fourth-order valence-corrected chi connectivity index (χ4v) is 3.62. The number of benzene rings is 2. The number of amides is 2. The summed E-state index contributed by atoms with van der Waals surface area (Å²) in [7, 11) is 1.61. The lowest BCUT2D eigenvalue weighted by Crippen LogP contribution is -2.37. The summed E-state index contributed by atoms with van der Waals surface area (Å²) >= 11 is 0. The number of nitrogens with one attached hydrogen (secondary N) is 1. The van der Waals surface area contributed by atoms with E-state index in [1.54, 1.807) is 25.3 Å². The van der Waals surface area contributed by atoms with E-state index in [4.69, 9.17) is 0 Å². The summed E-state index contributed by atoms with van der Waals surface area (Å²) in [5, 5.41) is 2.60. The number of hydrogen-bond acceptors (Lipinski definition) is 2. The summed E-state index contributed by atoms with van der Waals surface area (Å²) in [6.45, 7) is 1.66. The Labute approximate surface area is 167 Å². The molecule has 1 heterocycles. The Morgan fingerprint density at radius 1 is 1.04 bits per heavy atom. The number of carbonyl (C=O) groups is 2. The molecular formula is C24H28N2O2. The first-order valence-corrected chi connectivity index (χ1v) is 9.99. The lowest BCUT2D eigenvalue weighted by atomic mass is 9.90. The highest BCUT2D eigenvalue weighted by molar-refractivity contribution is 5.94. The van der Waals surface area contributed by atoms with Gasteiger partial charge in [-0.2, -0.15) is 0 Å². The van der Waals surface area contributed by atoms with E-state index >= 15 is 0 Å². The Morgan fingerprint density at radius 3 is 2.36 bits per heavy atom. The number of likely N-dealkylation sites (tertiary alicyclic amines) is 1. The van der Waals surface area contributed by atoms with Crippen LogP contribution in [0.4, 0.5) is 0 Å². The molecule has 146 valence electrons. The highest BCUT2D eigenvalue weighted by atomic mass is 16.2. The fraction of sp³-hybridized carbons (Fsp3) is 0.333. The zero-order valence-corrected chi connectivity index (χ0v) is 16.4. The van der Waals surface area contributed by atoms with Crippen LogP contribution in [-0.2, 0) is 11.2 Å². The third-order valence-electron chi connectivity index (χ3n) is 5.43. The van der Waals surface area contributed by atoms with E-state index in [1.807, 2.05) is 23.1 Å². The molecule has 4 heteroatoms. The minimum atomic E-state index is -0.109. The second-order valence-corrected chi connectivity index (χ2v) is 7.33. The monoisotopic (exact) mass is 376 g/mol. The van der Waals surface area contributed by atoms with Gasteiger partial charge < -0.3 is 10.2 Å². The number of rotatable bonds is 6. The lowest BCUT2D eigenvalue weighted by molar-refractivity contribution is -0.127. The second-order valence-electron chi connectivity index (χ2n) is 7.33. The van der Waals surface area contributed by atoms with Crippen LogP contribution >= 0.6 is 0 Å². The molecular weight excluding hydrogens is 348 g/mol. The van der Waals surface area contributed by atoms with E-state index in [1.165, 1.54) is 12.0 Å². The molecule has 1 aliphatic rings. The van der Waals surface area contributed by atoms with Crippen LogP contribution in [0.1, 0.15) is 40.7 Å².